The molecule has 1 unspecified atom stereocenters. The van der Waals surface area contributed by atoms with Crippen molar-refractivity contribution in [3.05, 3.63) is 59.9 Å². The van der Waals surface area contributed by atoms with E-state index in [-0.39, 0.29) is 0 Å². The molecule has 0 amide bonds. The molecule has 0 spiro atoms. The number of hydrogen-bond acceptors (Lipinski definition) is 3. The van der Waals surface area contributed by atoms with E-state index in [2.05, 4.69) is 4.98 Å². The molecular formula is C14H15NOS. The van der Waals surface area contributed by atoms with E-state index in [1.165, 1.54) is 4.90 Å². The van der Waals surface area contributed by atoms with Crippen molar-refractivity contribution in [1.82, 2.24) is 4.98 Å². The summed E-state index contributed by atoms with van der Waals surface area (Å²) in [4.78, 5) is 5.14. The van der Waals surface area contributed by atoms with Gasteiger partial charge in [-0.3, -0.25) is 4.98 Å². The third-order valence-corrected chi connectivity index (χ3v) is 3.38. The van der Waals surface area contributed by atoms with Gasteiger partial charge in [-0.15, -0.1) is 11.8 Å². The lowest BCUT2D eigenvalue weighted by molar-refractivity contribution is 0.178. The Morgan fingerprint density at radius 3 is 2.71 bits per heavy atom. The minimum atomic E-state index is -0.454. The first-order valence-electron chi connectivity index (χ1n) is 5.50. The lowest BCUT2D eigenvalue weighted by Gasteiger charge is -2.11. The van der Waals surface area contributed by atoms with E-state index in [1.807, 2.05) is 42.7 Å². The van der Waals surface area contributed by atoms with Crippen LogP contribution < -0.4 is 0 Å². The van der Waals surface area contributed by atoms with Gasteiger partial charge in [-0.2, -0.15) is 0 Å². The minimum absolute atomic E-state index is 0.454. The van der Waals surface area contributed by atoms with Crippen LogP contribution in [0.25, 0.3) is 0 Å². The van der Waals surface area contributed by atoms with Gasteiger partial charge in [0.15, 0.2) is 0 Å². The normalized spacial score (nSPS) is 12.4. The van der Waals surface area contributed by atoms with Gasteiger partial charge in [0.1, 0.15) is 0 Å². The van der Waals surface area contributed by atoms with Crippen molar-refractivity contribution in [3.8, 4) is 0 Å². The summed E-state index contributed by atoms with van der Waals surface area (Å²) < 4.78 is 0. The second kappa shape index (κ2) is 5.84. The van der Waals surface area contributed by atoms with Gasteiger partial charge in [-0.1, -0.05) is 12.1 Å². The van der Waals surface area contributed by atoms with Gasteiger partial charge >= 0.3 is 0 Å². The van der Waals surface area contributed by atoms with Gasteiger partial charge in [0.05, 0.1) is 6.10 Å². The highest BCUT2D eigenvalue weighted by Crippen LogP contribution is 2.22. The number of aliphatic hydroxyl groups excluding tert-OH is 1. The number of benzene rings is 1. The Hall–Kier alpha value is -1.32. The summed E-state index contributed by atoms with van der Waals surface area (Å²) in [5.74, 6) is 0. The van der Waals surface area contributed by atoms with Gasteiger partial charge in [-0.05, 0) is 41.6 Å². The summed E-state index contributed by atoms with van der Waals surface area (Å²) >= 11 is 1.69. The molecule has 2 aromatic rings. The van der Waals surface area contributed by atoms with Crippen LogP contribution >= 0.6 is 11.8 Å². The molecule has 88 valence electrons. The first kappa shape index (κ1) is 12.1. The molecule has 1 atom stereocenters. The number of hydrogen-bond donors (Lipinski definition) is 1. The van der Waals surface area contributed by atoms with Crippen LogP contribution in [0.2, 0.25) is 0 Å². The summed E-state index contributed by atoms with van der Waals surface area (Å²) in [6, 6.07) is 11.9. The van der Waals surface area contributed by atoms with E-state index in [4.69, 9.17) is 0 Å². The van der Waals surface area contributed by atoms with Crippen LogP contribution in [0.3, 0.4) is 0 Å². The highest BCUT2D eigenvalue weighted by atomic mass is 32.2. The van der Waals surface area contributed by atoms with Gasteiger partial charge < -0.3 is 5.11 Å². The summed E-state index contributed by atoms with van der Waals surface area (Å²) in [5.41, 5.74) is 2.07. The molecule has 1 aromatic carbocycles. The molecule has 2 rings (SSSR count). The fraction of sp³-hybridized carbons (Fsp3) is 0.214. The maximum Gasteiger partial charge on any atom is 0.0830 e. The maximum absolute atomic E-state index is 10.2. The molecular weight excluding hydrogens is 230 g/mol. The Balaban J connectivity index is 2.11. The van der Waals surface area contributed by atoms with Crippen LogP contribution in [-0.2, 0) is 6.42 Å². The number of aliphatic hydroxyl groups is 1. The average Bonchev–Trinajstić information content (AvgIpc) is 2.40. The molecule has 0 saturated heterocycles. The van der Waals surface area contributed by atoms with Gasteiger partial charge in [-0.25, -0.2) is 0 Å². The fourth-order valence-corrected chi connectivity index (χ4v) is 2.18. The molecule has 1 N–H and O–H groups in total. The molecule has 0 saturated carbocycles. The maximum atomic E-state index is 10.2. The summed E-state index contributed by atoms with van der Waals surface area (Å²) in [6.07, 6.45) is 5.71. The van der Waals surface area contributed by atoms with Crippen molar-refractivity contribution >= 4 is 11.8 Å². The number of thioether (sulfide) groups is 1. The van der Waals surface area contributed by atoms with Gasteiger partial charge in [0.2, 0.25) is 0 Å². The first-order valence-corrected chi connectivity index (χ1v) is 6.73. The van der Waals surface area contributed by atoms with Crippen molar-refractivity contribution in [1.29, 1.82) is 0 Å². The third kappa shape index (κ3) is 3.32. The lowest BCUT2D eigenvalue weighted by atomic mass is 10.0. The van der Waals surface area contributed by atoms with Crippen molar-refractivity contribution in [3.63, 3.8) is 0 Å². The van der Waals surface area contributed by atoms with Crippen LogP contribution in [-0.4, -0.2) is 16.3 Å². The third-order valence-electron chi connectivity index (χ3n) is 2.66. The molecule has 0 bridgehead atoms. The molecule has 2 nitrogen and oxygen atoms in total. The lowest BCUT2D eigenvalue weighted by Crippen LogP contribution is -2.01. The highest BCUT2D eigenvalue weighted by Gasteiger charge is 2.08. The van der Waals surface area contributed by atoms with Crippen molar-refractivity contribution in [2.24, 2.45) is 0 Å². The topological polar surface area (TPSA) is 33.1 Å². The van der Waals surface area contributed by atoms with Crippen LogP contribution in [0.1, 0.15) is 17.2 Å². The number of rotatable bonds is 4. The molecule has 0 aliphatic heterocycles. The number of pyridine rings is 1. The van der Waals surface area contributed by atoms with E-state index in [0.717, 1.165) is 11.1 Å². The van der Waals surface area contributed by atoms with E-state index in [1.54, 1.807) is 24.2 Å². The molecule has 0 aliphatic carbocycles. The Morgan fingerprint density at radius 1 is 1.24 bits per heavy atom. The minimum Gasteiger partial charge on any atom is -0.388 e. The SMILES string of the molecule is CSc1cccc(C(O)Cc2ccncc2)c1. The van der Waals surface area contributed by atoms with Crippen LogP contribution in [0.5, 0.6) is 0 Å². The standard InChI is InChI=1S/C14H15NOS/c1-17-13-4-2-3-12(10-13)14(16)9-11-5-7-15-8-6-11/h2-8,10,14,16H,9H2,1H3. The predicted molar refractivity (Wildman–Crippen MR) is 71.1 cm³/mol. The average molecular weight is 245 g/mol. The molecule has 0 radical (unpaired) electrons. The summed E-state index contributed by atoms with van der Waals surface area (Å²) in [6.45, 7) is 0. The van der Waals surface area contributed by atoms with E-state index in [9.17, 15) is 5.11 Å². The zero-order chi connectivity index (χ0) is 12.1. The number of nitrogens with zero attached hydrogens (tertiary/aromatic N) is 1. The smallest absolute Gasteiger partial charge is 0.0830 e. The van der Waals surface area contributed by atoms with Gasteiger partial charge in [0, 0.05) is 23.7 Å². The zero-order valence-electron chi connectivity index (χ0n) is 9.71. The van der Waals surface area contributed by atoms with Crippen molar-refractivity contribution in [2.45, 2.75) is 17.4 Å². The molecule has 0 aliphatic rings. The largest absolute Gasteiger partial charge is 0.388 e. The highest BCUT2D eigenvalue weighted by molar-refractivity contribution is 7.98. The summed E-state index contributed by atoms with van der Waals surface area (Å²) in [5, 5.41) is 10.2. The molecule has 1 heterocycles. The Labute approximate surface area is 106 Å². The van der Waals surface area contributed by atoms with Crippen LogP contribution in [0.4, 0.5) is 0 Å². The second-order valence-corrected chi connectivity index (χ2v) is 4.73. The number of aromatic nitrogens is 1. The Morgan fingerprint density at radius 2 is 2.00 bits per heavy atom. The van der Waals surface area contributed by atoms with Crippen LogP contribution in [0.15, 0.2) is 53.7 Å². The van der Waals surface area contributed by atoms with E-state index in [0.29, 0.717) is 6.42 Å². The predicted octanol–water partition coefficient (Wildman–Crippen LogP) is 3.08. The second-order valence-electron chi connectivity index (χ2n) is 3.85. The quantitative estimate of drug-likeness (QED) is 0.840. The van der Waals surface area contributed by atoms with E-state index >= 15 is 0 Å². The molecule has 3 heteroatoms. The monoisotopic (exact) mass is 245 g/mol. The van der Waals surface area contributed by atoms with Crippen molar-refractivity contribution < 1.29 is 5.11 Å². The Bertz CT molecular complexity index is 473. The fourth-order valence-electron chi connectivity index (χ4n) is 1.71. The van der Waals surface area contributed by atoms with E-state index < -0.39 is 6.10 Å². The molecule has 1 aromatic heterocycles. The first-order chi connectivity index (χ1) is 8.29. The zero-order valence-corrected chi connectivity index (χ0v) is 10.5. The van der Waals surface area contributed by atoms with Crippen LogP contribution in [0, 0.1) is 0 Å². The molecule has 0 fully saturated rings. The van der Waals surface area contributed by atoms with Gasteiger partial charge in [0.25, 0.3) is 0 Å². The summed E-state index contributed by atoms with van der Waals surface area (Å²) in [7, 11) is 0. The Kier molecular flexibility index (Phi) is 4.18. The molecule has 17 heavy (non-hydrogen) atoms. The van der Waals surface area contributed by atoms with Crippen molar-refractivity contribution in [2.75, 3.05) is 6.26 Å².